The molecule has 3 N–H and O–H groups in total. The lowest BCUT2D eigenvalue weighted by molar-refractivity contribution is 0.0956. The van der Waals surface area contributed by atoms with Gasteiger partial charge >= 0.3 is 0 Å². The first-order valence-electron chi connectivity index (χ1n) is 6.88. The summed E-state index contributed by atoms with van der Waals surface area (Å²) in [4.78, 5) is 13.9. The third-order valence-electron chi connectivity index (χ3n) is 3.32. The van der Waals surface area contributed by atoms with Gasteiger partial charge in [-0.2, -0.15) is 0 Å². The minimum Gasteiger partial charge on any atom is -0.397 e. The fourth-order valence-corrected chi connectivity index (χ4v) is 2.00. The van der Waals surface area contributed by atoms with Crippen LogP contribution in [0.1, 0.15) is 37.6 Å². The van der Waals surface area contributed by atoms with E-state index in [4.69, 9.17) is 5.73 Å². The van der Waals surface area contributed by atoms with Gasteiger partial charge in [0.1, 0.15) is 0 Å². The zero-order valence-electron chi connectivity index (χ0n) is 12.4. The van der Waals surface area contributed by atoms with Crippen LogP contribution in [-0.2, 0) is 0 Å². The van der Waals surface area contributed by atoms with E-state index >= 15 is 0 Å². The lowest BCUT2D eigenvalue weighted by Crippen LogP contribution is -2.25. The van der Waals surface area contributed by atoms with Crippen LogP contribution >= 0.6 is 0 Å². The molecule has 19 heavy (non-hydrogen) atoms. The number of rotatable bonds is 6. The summed E-state index contributed by atoms with van der Waals surface area (Å²) in [7, 11) is 2.03. The third-order valence-corrected chi connectivity index (χ3v) is 3.32. The van der Waals surface area contributed by atoms with Crippen molar-refractivity contribution in [3.05, 3.63) is 23.8 Å². The minimum absolute atomic E-state index is 0.0784. The molecular weight excluding hydrogens is 238 g/mol. The SMILES string of the molecule is CCNC(=O)c1ccc(N(C)CC(C)CC)c(N)c1. The maximum atomic E-state index is 11.7. The molecule has 0 aliphatic rings. The van der Waals surface area contributed by atoms with E-state index in [2.05, 4.69) is 24.1 Å². The quantitative estimate of drug-likeness (QED) is 0.775. The van der Waals surface area contributed by atoms with Crippen molar-refractivity contribution in [1.29, 1.82) is 0 Å². The van der Waals surface area contributed by atoms with E-state index in [0.717, 1.165) is 18.7 Å². The average Bonchev–Trinajstić information content (AvgIpc) is 2.38. The Morgan fingerprint density at radius 1 is 1.42 bits per heavy atom. The summed E-state index contributed by atoms with van der Waals surface area (Å²) in [5.74, 6) is 0.540. The molecule has 106 valence electrons. The van der Waals surface area contributed by atoms with E-state index < -0.39 is 0 Å². The molecule has 4 nitrogen and oxygen atoms in total. The van der Waals surface area contributed by atoms with Crippen LogP contribution in [0.4, 0.5) is 11.4 Å². The normalized spacial score (nSPS) is 12.0. The van der Waals surface area contributed by atoms with Crippen molar-refractivity contribution in [3.8, 4) is 0 Å². The molecule has 1 aromatic rings. The summed E-state index contributed by atoms with van der Waals surface area (Å²) >= 11 is 0. The molecule has 1 amide bonds. The van der Waals surface area contributed by atoms with Gasteiger partial charge in [0.25, 0.3) is 5.91 Å². The summed E-state index contributed by atoms with van der Waals surface area (Å²) in [5.41, 5.74) is 8.29. The lowest BCUT2D eigenvalue weighted by atomic mass is 10.1. The highest BCUT2D eigenvalue weighted by Gasteiger charge is 2.11. The summed E-state index contributed by atoms with van der Waals surface area (Å²) in [5, 5.41) is 2.77. The van der Waals surface area contributed by atoms with Gasteiger partial charge in [-0.1, -0.05) is 20.3 Å². The van der Waals surface area contributed by atoms with Crippen molar-refractivity contribution >= 4 is 17.3 Å². The van der Waals surface area contributed by atoms with E-state index in [-0.39, 0.29) is 5.91 Å². The molecule has 0 heterocycles. The Kier molecular flexibility index (Phi) is 5.67. The Morgan fingerprint density at radius 3 is 2.63 bits per heavy atom. The number of nitrogens with one attached hydrogen (secondary N) is 1. The molecule has 1 atom stereocenters. The van der Waals surface area contributed by atoms with Gasteiger partial charge in [0.05, 0.1) is 11.4 Å². The molecule has 0 spiro atoms. The van der Waals surface area contributed by atoms with Gasteiger partial charge in [0.15, 0.2) is 0 Å². The fraction of sp³-hybridized carbons (Fsp3) is 0.533. The van der Waals surface area contributed by atoms with Gasteiger partial charge in [0.2, 0.25) is 0 Å². The second kappa shape index (κ2) is 7.02. The average molecular weight is 263 g/mol. The number of hydrogen-bond acceptors (Lipinski definition) is 3. The molecule has 0 aromatic heterocycles. The molecule has 0 saturated carbocycles. The maximum absolute atomic E-state index is 11.7. The first-order valence-corrected chi connectivity index (χ1v) is 6.88. The topological polar surface area (TPSA) is 58.4 Å². The highest BCUT2D eigenvalue weighted by molar-refractivity contribution is 5.96. The minimum atomic E-state index is -0.0784. The number of carbonyl (C=O) groups excluding carboxylic acids is 1. The maximum Gasteiger partial charge on any atom is 0.251 e. The second-order valence-electron chi connectivity index (χ2n) is 5.03. The van der Waals surface area contributed by atoms with Crippen LogP contribution in [0.15, 0.2) is 18.2 Å². The summed E-state index contributed by atoms with van der Waals surface area (Å²) in [6.07, 6.45) is 1.14. The van der Waals surface area contributed by atoms with Gasteiger partial charge in [-0.3, -0.25) is 4.79 Å². The van der Waals surface area contributed by atoms with Gasteiger partial charge < -0.3 is 16.0 Å². The Bertz CT molecular complexity index is 431. The molecule has 1 unspecified atom stereocenters. The number of anilines is 2. The third kappa shape index (κ3) is 4.16. The van der Waals surface area contributed by atoms with E-state index in [9.17, 15) is 4.79 Å². The molecule has 0 bridgehead atoms. The second-order valence-corrected chi connectivity index (χ2v) is 5.03. The first-order chi connectivity index (χ1) is 8.99. The van der Waals surface area contributed by atoms with Gasteiger partial charge in [-0.15, -0.1) is 0 Å². The van der Waals surface area contributed by atoms with Crippen molar-refractivity contribution in [2.45, 2.75) is 27.2 Å². The van der Waals surface area contributed by atoms with Crippen molar-refractivity contribution < 1.29 is 4.79 Å². The number of nitrogens with two attached hydrogens (primary N) is 1. The summed E-state index contributed by atoms with van der Waals surface area (Å²) < 4.78 is 0. The zero-order chi connectivity index (χ0) is 14.4. The molecule has 0 radical (unpaired) electrons. The Hall–Kier alpha value is -1.71. The number of carbonyl (C=O) groups is 1. The lowest BCUT2D eigenvalue weighted by Gasteiger charge is -2.24. The number of amides is 1. The van der Waals surface area contributed by atoms with Crippen LogP contribution in [0.5, 0.6) is 0 Å². The van der Waals surface area contributed by atoms with E-state index in [1.807, 2.05) is 26.1 Å². The van der Waals surface area contributed by atoms with Gasteiger partial charge in [-0.25, -0.2) is 0 Å². The number of benzene rings is 1. The van der Waals surface area contributed by atoms with Crippen LogP contribution in [0.25, 0.3) is 0 Å². The number of hydrogen-bond donors (Lipinski definition) is 2. The highest BCUT2D eigenvalue weighted by Crippen LogP contribution is 2.24. The Labute approximate surface area is 116 Å². The molecule has 1 rings (SSSR count). The van der Waals surface area contributed by atoms with Crippen molar-refractivity contribution in [3.63, 3.8) is 0 Å². The van der Waals surface area contributed by atoms with Gasteiger partial charge in [0, 0.05) is 25.7 Å². The fourth-order valence-electron chi connectivity index (χ4n) is 2.00. The molecule has 0 fully saturated rings. The monoisotopic (exact) mass is 263 g/mol. The number of nitrogens with zero attached hydrogens (tertiary/aromatic N) is 1. The molecule has 4 heteroatoms. The Balaban J connectivity index is 2.85. The molecule has 1 aromatic carbocycles. The van der Waals surface area contributed by atoms with Crippen LogP contribution in [-0.4, -0.2) is 26.0 Å². The van der Waals surface area contributed by atoms with E-state index in [0.29, 0.717) is 23.7 Å². The largest absolute Gasteiger partial charge is 0.397 e. The summed E-state index contributed by atoms with van der Waals surface area (Å²) in [6, 6.07) is 5.49. The van der Waals surface area contributed by atoms with Crippen LogP contribution in [0.3, 0.4) is 0 Å². The van der Waals surface area contributed by atoms with Crippen molar-refractivity contribution in [2.24, 2.45) is 5.92 Å². The van der Waals surface area contributed by atoms with Gasteiger partial charge in [-0.05, 0) is 31.0 Å². The van der Waals surface area contributed by atoms with Crippen LogP contribution in [0.2, 0.25) is 0 Å². The van der Waals surface area contributed by atoms with Crippen LogP contribution < -0.4 is 16.0 Å². The van der Waals surface area contributed by atoms with E-state index in [1.54, 1.807) is 6.07 Å². The molecular formula is C15H25N3O. The standard InChI is InChI=1S/C15H25N3O/c1-5-11(3)10-18(4)14-8-7-12(9-13(14)16)15(19)17-6-2/h7-9,11H,5-6,10,16H2,1-4H3,(H,17,19). The number of nitrogen functional groups attached to an aromatic ring is 1. The zero-order valence-corrected chi connectivity index (χ0v) is 12.4. The van der Waals surface area contributed by atoms with E-state index in [1.165, 1.54) is 0 Å². The molecule has 0 aliphatic heterocycles. The highest BCUT2D eigenvalue weighted by atomic mass is 16.1. The Morgan fingerprint density at radius 2 is 2.11 bits per heavy atom. The van der Waals surface area contributed by atoms with Crippen molar-refractivity contribution in [2.75, 3.05) is 30.8 Å². The predicted octanol–water partition coefficient (Wildman–Crippen LogP) is 2.50. The van der Waals surface area contributed by atoms with Crippen molar-refractivity contribution in [1.82, 2.24) is 5.32 Å². The molecule has 0 aliphatic carbocycles. The molecule has 0 saturated heterocycles. The first kappa shape index (κ1) is 15.3. The predicted molar refractivity (Wildman–Crippen MR) is 81.6 cm³/mol. The van der Waals surface area contributed by atoms with Crippen LogP contribution in [0, 0.1) is 5.92 Å². The summed E-state index contributed by atoms with van der Waals surface area (Å²) in [6.45, 7) is 7.88. The smallest absolute Gasteiger partial charge is 0.251 e.